The van der Waals surface area contributed by atoms with Gasteiger partial charge >= 0.3 is 11.1 Å². The number of alkyl halides is 2. The minimum Gasteiger partial charge on any atom is -0.341 e. The minimum atomic E-state index is -2.61. The molecule has 0 aromatic carbocycles. The maximum atomic E-state index is 13.7. The molecule has 12 heteroatoms. The number of halogens is 3. The standard InChI is InChI=1S/C21H22F3N7O2/c1-28-16-6-14(22)9-25-17(16)31(19(33)18(28)32)15-2-4-30(5-3-15)20-26-7-13(8-27-20)10-29-11-21(23,24)12-29/h6-9,15H,2-5,10-12H2,1H3. The fourth-order valence-electron chi connectivity index (χ4n) is 4.54. The van der Waals surface area contributed by atoms with Crippen molar-refractivity contribution in [1.29, 1.82) is 0 Å². The number of hydrogen-bond donors (Lipinski definition) is 0. The number of aryl methyl sites for hydroxylation is 1. The van der Waals surface area contributed by atoms with Gasteiger partial charge in [0.05, 0.1) is 24.8 Å². The number of hydrogen-bond acceptors (Lipinski definition) is 7. The van der Waals surface area contributed by atoms with Crippen LogP contribution in [0.4, 0.5) is 19.1 Å². The zero-order valence-electron chi connectivity index (χ0n) is 17.9. The summed E-state index contributed by atoms with van der Waals surface area (Å²) in [5, 5.41) is 0. The highest BCUT2D eigenvalue weighted by molar-refractivity contribution is 5.70. The van der Waals surface area contributed by atoms with E-state index in [2.05, 4.69) is 15.0 Å². The van der Waals surface area contributed by atoms with E-state index in [0.717, 1.165) is 16.3 Å². The molecule has 9 nitrogen and oxygen atoms in total. The number of likely N-dealkylation sites (tertiary alicyclic amines) is 1. The van der Waals surface area contributed by atoms with Crippen LogP contribution in [0, 0.1) is 5.82 Å². The first-order chi connectivity index (χ1) is 15.7. The van der Waals surface area contributed by atoms with Crippen LogP contribution in [0.15, 0.2) is 34.2 Å². The third-order valence-corrected chi connectivity index (χ3v) is 6.23. The monoisotopic (exact) mass is 461 g/mol. The van der Waals surface area contributed by atoms with E-state index in [9.17, 15) is 22.8 Å². The van der Waals surface area contributed by atoms with E-state index in [1.54, 1.807) is 17.3 Å². The van der Waals surface area contributed by atoms with Crippen molar-refractivity contribution in [3.8, 4) is 0 Å². The molecule has 5 rings (SSSR count). The Hall–Kier alpha value is -3.28. The first-order valence-electron chi connectivity index (χ1n) is 10.6. The summed E-state index contributed by atoms with van der Waals surface area (Å²) in [6, 6.07) is 0.932. The quantitative estimate of drug-likeness (QED) is 0.542. The predicted molar refractivity (Wildman–Crippen MR) is 114 cm³/mol. The average molecular weight is 461 g/mol. The van der Waals surface area contributed by atoms with Gasteiger partial charge in [0.25, 0.3) is 5.92 Å². The summed E-state index contributed by atoms with van der Waals surface area (Å²) >= 11 is 0. The maximum Gasteiger partial charge on any atom is 0.318 e. The molecular weight excluding hydrogens is 439 g/mol. The summed E-state index contributed by atoms with van der Waals surface area (Å²) in [6.07, 6.45) is 5.42. The normalized spacial score (nSPS) is 19.1. The molecular formula is C21H22F3N7O2. The molecule has 0 bridgehead atoms. The van der Waals surface area contributed by atoms with Gasteiger partial charge in [0.2, 0.25) is 5.95 Å². The summed E-state index contributed by atoms with van der Waals surface area (Å²) in [7, 11) is 1.43. The van der Waals surface area contributed by atoms with Gasteiger partial charge in [0.1, 0.15) is 5.82 Å². The Morgan fingerprint density at radius 2 is 1.70 bits per heavy atom. The maximum absolute atomic E-state index is 13.7. The highest BCUT2D eigenvalue weighted by atomic mass is 19.3. The van der Waals surface area contributed by atoms with Crippen LogP contribution in [0.2, 0.25) is 0 Å². The van der Waals surface area contributed by atoms with Gasteiger partial charge in [-0.2, -0.15) is 0 Å². The van der Waals surface area contributed by atoms with Crippen molar-refractivity contribution in [2.45, 2.75) is 31.4 Å². The number of aromatic nitrogens is 5. The molecule has 0 unspecified atom stereocenters. The molecule has 2 aliphatic rings. The fourth-order valence-corrected chi connectivity index (χ4v) is 4.54. The van der Waals surface area contributed by atoms with Crippen molar-refractivity contribution < 1.29 is 13.2 Å². The van der Waals surface area contributed by atoms with Crippen LogP contribution in [0.1, 0.15) is 24.4 Å². The second-order valence-electron chi connectivity index (χ2n) is 8.65. The average Bonchev–Trinajstić information content (AvgIpc) is 2.78. The van der Waals surface area contributed by atoms with Crippen LogP contribution >= 0.6 is 0 Å². The molecule has 33 heavy (non-hydrogen) atoms. The molecule has 0 atom stereocenters. The zero-order valence-corrected chi connectivity index (χ0v) is 17.9. The van der Waals surface area contributed by atoms with Crippen molar-refractivity contribution in [3.05, 3.63) is 56.7 Å². The number of rotatable bonds is 4. The van der Waals surface area contributed by atoms with E-state index in [0.29, 0.717) is 38.4 Å². The molecule has 174 valence electrons. The molecule has 0 aliphatic carbocycles. The fraction of sp³-hybridized carbons (Fsp3) is 0.476. The van der Waals surface area contributed by atoms with Crippen LogP contribution in [0.5, 0.6) is 0 Å². The Morgan fingerprint density at radius 3 is 2.33 bits per heavy atom. The molecule has 0 radical (unpaired) electrons. The summed E-state index contributed by atoms with van der Waals surface area (Å²) in [6.45, 7) is 0.977. The lowest BCUT2D eigenvalue weighted by atomic mass is 10.0. The van der Waals surface area contributed by atoms with Gasteiger partial charge in [-0.1, -0.05) is 0 Å². The lowest BCUT2D eigenvalue weighted by Gasteiger charge is -2.38. The van der Waals surface area contributed by atoms with E-state index in [1.165, 1.54) is 17.7 Å². The lowest BCUT2D eigenvalue weighted by Crippen LogP contribution is -2.55. The van der Waals surface area contributed by atoms with E-state index in [-0.39, 0.29) is 30.3 Å². The summed E-state index contributed by atoms with van der Waals surface area (Å²) in [5.41, 5.74) is -0.100. The Balaban J connectivity index is 1.30. The van der Waals surface area contributed by atoms with Crippen molar-refractivity contribution in [2.75, 3.05) is 31.1 Å². The van der Waals surface area contributed by atoms with Gasteiger partial charge in [-0.25, -0.2) is 28.1 Å². The van der Waals surface area contributed by atoms with Crippen molar-refractivity contribution >= 4 is 17.1 Å². The smallest absolute Gasteiger partial charge is 0.318 e. The highest BCUT2D eigenvalue weighted by Gasteiger charge is 2.43. The Kier molecular flexibility index (Phi) is 5.19. The molecule has 0 amide bonds. The Labute approximate surface area is 186 Å². The van der Waals surface area contributed by atoms with Crippen molar-refractivity contribution in [2.24, 2.45) is 7.05 Å². The second-order valence-corrected chi connectivity index (χ2v) is 8.65. The molecule has 2 aliphatic heterocycles. The Bertz CT molecular complexity index is 1310. The Morgan fingerprint density at radius 1 is 1.03 bits per heavy atom. The van der Waals surface area contributed by atoms with Gasteiger partial charge in [-0.3, -0.25) is 19.1 Å². The largest absolute Gasteiger partial charge is 0.341 e. The number of nitrogens with zero attached hydrogens (tertiary/aromatic N) is 7. The van der Waals surface area contributed by atoms with Crippen LogP contribution in [0.3, 0.4) is 0 Å². The van der Waals surface area contributed by atoms with E-state index in [1.807, 2.05) is 4.90 Å². The molecule has 5 heterocycles. The SMILES string of the molecule is Cn1c(=O)c(=O)n(C2CCN(c3ncc(CN4CC(F)(F)C4)cn3)CC2)c2ncc(F)cc21. The zero-order chi connectivity index (χ0) is 23.3. The lowest BCUT2D eigenvalue weighted by molar-refractivity contribution is -0.133. The molecule has 0 saturated carbocycles. The third kappa shape index (κ3) is 3.99. The molecule has 0 N–H and O–H groups in total. The van der Waals surface area contributed by atoms with E-state index in [4.69, 9.17) is 0 Å². The van der Waals surface area contributed by atoms with Gasteiger partial charge in [0.15, 0.2) is 5.65 Å². The first-order valence-corrected chi connectivity index (χ1v) is 10.6. The van der Waals surface area contributed by atoms with Gasteiger partial charge in [-0.15, -0.1) is 0 Å². The van der Waals surface area contributed by atoms with Gasteiger partial charge in [-0.05, 0) is 12.8 Å². The molecule has 3 aromatic heterocycles. The number of pyridine rings is 1. The minimum absolute atomic E-state index is 0.250. The van der Waals surface area contributed by atoms with E-state index >= 15 is 0 Å². The topological polar surface area (TPSA) is 89.2 Å². The van der Waals surface area contributed by atoms with Gasteiger partial charge < -0.3 is 9.47 Å². The third-order valence-electron chi connectivity index (χ3n) is 6.23. The summed E-state index contributed by atoms with van der Waals surface area (Å²) in [5.74, 6) is -2.67. The number of anilines is 1. The van der Waals surface area contributed by atoms with E-state index < -0.39 is 22.9 Å². The first kappa shape index (κ1) is 21.6. The summed E-state index contributed by atoms with van der Waals surface area (Å²) in [4.78, 5) is 41.6. The van der Waals surface area contributed by atoms with Crippen LogP contribution in [0.25, 0.3) is 11.2 Å². The molecule has 2 saturated heterocycles. The predicted octanol–water partition coefficient (Wildman–Crippen LogP) is 1.32. The van der Waals surface area contributed by atoms with Crippen molar-refractivity contribution in [3.63, 3.8) is 0 Å². The number of fused-ring (bicyclic) bond motifs is 1. The van der Waals surface area contributed by atoms with Gasteiger partial charge in [0, 0.05) is 56.7 Å². The molecule has 0 spiro atoms. The number of piperidine rings is 1. The molecule has 3 aromatic rings. The highest BCUT2D eigenvalue weighted by Crippen LogP contribution is 2.28. The van der Waals surface area contributed by atoms with Crippen LogP contribution < -0.4 is 16.0 Å². The van der Waals surface area contributed by atoms with Crippen LogP contribution in [-0.4, -0.2) is 61.1 Å². The van der Waals surface area contributed by atoms with Crippen molar-refractivity contribution in [1.82, 2.24) is 29.0 Å². The second kappa shape index (κ2) is 7.94. The van der Waals surface area contributed by atoms with Crippen LogP contribution in [-0.2, 0) is 13.6 Å². The summed E-state index contributed by atoms with van der Waals surface area (Å²) < 4.78 is 42.2. The molecule has 2 fully saturated rings.